The second-order valence-electron chi connectivity index (χ2n) is 10.7. The molecule has 2 aromatic rings. The van der Waals surface area contributed by atoms with Gasteiger partial charge in [-0.2, -0.15) is 13.2 Å². The third-order valence-electron chi connectivity index (χ3n) is 7.17. The SMILES string of the molecule is Cc1cc(C(F)(F)F)ccc1NC(=O)C[C@H](CCO)c1nnc([C@H]2C[C@@H](CC(C)C)C2)n1C1CC1. The van der Waals surface area contributed by atoms with Crippen LogP contribution in [0.1, 0.15) is 99.4 Å². The maximum absolute atomic E-state index is 13.0. The van der Waals surface area contributed by atoms with E-state index in [4.69, 9.17) is 0 Å². The van der Waals surface area contributed by atoms with Crippen molar-refractivity contribution >= 4 is 11.6 Å². The highest BCUT2D eigenvalue weighted by Gasteiger charge is 2.39. The van der Waals surface area contributed by atoms with E-state index in [1.807, 2.05) is 0 Å². The maximum atomic E-state index is 13.0. The van der Waals surface area contributed by atoms with Crippen molar-refractivity contribution in [3.63, 3.8) is 0 Å². The Morgan fingerprint density at radius 2 is 1.94 bits per heavy atom. The Morgan fingerprint density at radius 3 is 2.51 bits per heavy atom. The highest BCUT2D eigenvalue weighted by Crippen LogP contribution is 2.48. The monoisotopic (exact) mass is 492 g/mol. The van der Waals surface area contributed by atoms with Crippen molar-refractivity contribution in [3.05, 3.63) is 41.0 Å². The lowest BCUT2D eigenvalue weighted by atomic mass is 9.71. The van der Waals surface area contributed by atoms with Crippen molar-refractivity contribution in [2.45, 2.75) is 89.8 Å². The first-order valence-corrected chi connectivity index (χ1v) is 12.6. The van der Waals surface area contributed by atoms with Gasteiger partial charge in [-0.1, -0.05) is 13.8 Å². The van der Waals surface area contributed by atoms with Crippen LogP contribution in [0.3, 0.4) is 0 Å². The zero-order chi connectivity index (χ0) is 25.3. The van der Waals surface area contributed by atoms with Gasteiger partial charge in [-0.25, -0.2) is 0 Å². The molecular formula is C26H35F3N4O2. The van der Waals surface area contributed by atoms with E-state index in [-0.39, 0.29) is 24.9 Å². The van der Waals surface area contributed by atoms with Gasteiger partial charge < -0.3 is 15.0 Å². The number of halogens is 3. The Morgan fingerprint density at radius 1 is 1.23 bits per heavy atom. The van der Waals surface area contributed by atoms with Crippen molar-refractivity contribution in [2.75, 3.05) is 11.9 Å². The second kappa shape index (κ2) is 10.3. The summed E-state index contributed by atoms with van der Waals surface area (Å²) in [5.41, 5.74) is -0.0557. The van der Waals surface area contributed by atoms with Crippen molar-refractivity contribution in [3.8, 4) is 0 Å². The average molecular weight is 493 g/mol. The Kier molecular flexibility index (Phi) is 7.54. The van der Waals surface area contributed by atoms with Crippen LogP contribution < -0.4 is 5.32 Å². The van der Waals surface area contributed by atoms with Crippen molar-refractivity contribution in [1.29, 1.82) is 0 Å². The fraction of sp³-hybridized carbons (Fsp3) is 0.654. The molecule has 1 heterocycles. The van der Waals surface area contributed by atoms with Crippen molar-refractivity contribution < 1.29 is 23.1 Å². The van der Waals surface area contributed by atoms with Gasteiger partial charge in [0.1, 0.15) is 11.6 Å². The summed E-state index contributed by atoms with van der Waals surface area (Å²) in [6.07, 6.45) is 1.57. The number of amides is 1. The van der Waals surface area contributed by atoms with E-state index >= 15 is 0 Å². The van der Waals surface area contributed by atoms with Crippen LogP contribution in [0.5, 0.6) is 0 Å². The fourth-order valence-electron chi connectivity index (χ4n) is 5.27. The Hall–Kier alpha value is -2.42. The van der Waals surface area contributed by atoms with E-state index in [1.165, 1.54) is 19.4 Å². The third kappa shape index (κ3) is 6.05. The van der Waals surface area contributed by atoms with Gasteiger partial charge >= 0.3 is 6.18 Å². The Balaban J connectivity index is 1.47. The molecular weight excluding hydrogens is 457 g/mol. The fourth-order valence-corrected chi connectivity index (χ4v) is 5.27. The first-order chi connectivity index (χ1) is 16.6. The maximum Gasteiger partial charge on any atom is 0.416 e. The molecule has 35 heavy (non-hydrogen) atoms. The van der Waals surface area contributed by atoms with Crippen molar-refractivity contribution in [2.24, 2.45) is 11.8 Å². The molecule has 2 aliphatic rings. The molecule has 1 amide bonds. The molecule has 1 atom stereocenters. The van der Waals surface area contributed by atoms with Gasteiger partial charge in [-0.05, 0) is 81.0 Å². The molecule has 1 aromatic heterocycles. The number of nitrogens with zero attached hydrogens (tertiary/aromatic N) is 3. The van der Waals surface area contributed by atoms with Gasteiger partial charge in [0.15, 0.2) is 0 Å². The molecule has 6 nitrogen and oxygen atoms in total. The summed E-state index contributed by atoms with van der Waals surface area (Å²) < 4.78 is 41.1. The van der Waals surface area contributed by atoms with Crippen LogP contribution in [0.15, 0.2) is 18.2 Å². The van der Waals surface area contributed by atoms with Crippen LogP contribution in [0.4, 0.5) is 18.9 Å². The number of carbonyl (C=O) groups excluding carboxylic acids is 1. The number of hydrogen-bond donors (Lipinski definition) is 2. The van der Waals surface area contributed by atoms with Crippen molar-refractivity contribution in [1.82, 2.24) is 14.8 Å². The molecule has 0 aliphatic heterocycles. The number of alkyl halides is 3. The summed E-state index contributed by atoms with van der Waals surface area (Å²) in [7, 11) is 0. The van der Waals surface area contributed by atoms with E-state index in [1.54, 1.807) is 0 Å². The molecule has 2 N–H and O–H groups in total. The first kappa shape index (κ1) is 25.7. The van der Waals surface area contributed by atoms with Crippen LogP contribution in [0.2, 0.25) is 0 Å². The first-order valence-electron chi connectivity index (χ1n) is 12.6. The number of aromatic nitrogens is 3. The minimum atomic E-state index is -4.43. The number of rotatable bonds is 10. The van der Waals surface area contributed by atoms with Gasteiger partial charge in [-0.15, -0.1) is 10.2 Å². The molecule has 2 aliphatic carbocycles. The number of benzene rings is 1. The summed E-state index contributed by atoms with van der Waals surface area (Å²) in [6, 6.07) is 3.63. The quantitative estimate of drug-likeness (QED) is 0.428. The predicted octanol–water partition coefficient (Wildman–Crippen LogP) is 5.97. The number of aryl methyl sites for hydroxylation is 1. The molecule has 2 fully saturated rings. The van der Waals surface area contributed by atoms with Crippen LogP contribution in [-0.2, 0) is 11.0 Å². The number of nitrogens with one attached hydrogen (secondary N) is 1. The molecule has 0 radical (unpaired) electrons. The predicted molar refractivity (Wildman–Crippen MR) is 127 cm³/mol. The Bertz CT molecular complexity index is 1040. The van der Waals surface area contributed by atoms with E-state index in [0.29, 0.717) is 35.5 Å². The zero-order valence-corrected chi connectivity index (χ0v) is 20.6. The number of hydrogen-bond acceptors (Lipinski definition) is 4. The van der Waals surface area contributed by atoms with Crippen LogP contribution in [0, 0.1) is 18.8 Å². The highest BCUT2D eigenvalue weighted by atomic mass is 19.4. The molecule has 9 heteroatoms. The van der Waals surface area contributed by atoms with Crippen LogP contribution >= 0.6 is 0 Å². The molecule has 0 unspecified atom stereocenters. The molecule has 0 saturated heterocycles. The zero-order valence-electron chi connectivity index (χ0n) is 20.6. The average Bonchev–Trinajstić information content (AvgIpc) is 3.49. The minimum absolute atomic E-state index is 0.0759. The molecule has 1 aromatic carbocycles. The largest absolute Gasteiger partial charge is 0.416 e. The normalized spacial score (nSPS) is 21.1. The van der Waals surface area contributed by atoms with Gasteiger partial charge in [0.2, 0.25) is 5.91 Å². The molecule has 0 spiro atoms. The van der Waals surface area contributed by atoms with Gasteiger partial charge in [0, 0.05) is 36.6 Å². The number of carbonyl (C=O) groups is 1. The van der Waals surface area contributed by atoms with Gasteiger partial charge in [-0.3, -0.25) is 4.79 Å². The van der Waals surface area contributed by atoms with Gasteiger partial charge in [0.25, 0.3) is 0 Å². The number of aliphatic hydroxyl groups is 1. The molecule has 192 valence electrons. The lowest BCUT2D eigenvalue weighted by Gasteiger charge is -2.36. The van der Waals surface area contributed by atoms with Crippen LogP contribution in [-0.4, -0.2) is 32.4 Å². The minimum Gasteiger partial charge on any atom is -0.396 e. The van der Waals surface area contributed by atoms with E-state index in [2.05, 4.69) is 33.9 Å². The number of anilines is 1. The summed E-state index contributed by atoms with van der Waals surface area (Å²) in [6.45, 7) is 5.94. The van der Waals surface area contributed by atoms with E-state index in [9.17, 15) is 23.1 Å². The van der Waals surface area contributed by atoms with E-state index in [0.717, 1.165) is 55.4 Å². The Labute approximate surface area is 204 Å². The highest BCUT2D eigenvalue weighted by molar-refractivity contribution is 5.92. The standard InChI is InChI=1S/C26H35F3N4O2/c1-15(2)10-17-12-19(13-17)25-32-31-24(33(25)21-5-6-21)18(8-9-34)14-23(35)30-22-7-4-20(11-16(22)3)26(27,28)29/h4,7,11,15,17-19,21,34H,5-6,8-10,12-14H2,1-3H3,(H,30,35)/t17-,18-,19+/m0/s1. The second-order valence-corrected chi connectivity index (χ2v) is 10.7. The smallest absolute Gasteiger partial charge is 0.396 e. The van der Waals surface area contributed by atoms with E-state index < -0.39 is 11.7 Å². The third-order valence-corrected chi connectivity index (χ3v) is 7.17. The van der Waals surface area contributed by atoms with Crippen LogP contribution in [0.25, 0.3) is 0 Å². The van der Waals surface area contributed by atoms with Gasteiger partial charge in [0.05, 0.1) is 5.56 Å². The molecule has 4 rings (SSSR count). The summed E-state index contributed by atoms with van der Waals surface area (Å²) in [5, 5.41) is 21.5. The topological polar surface area (TPSA) is 80.0 Å². The summed E-state index contributed by atoms with van der Waals surface area (Å²) in [4.78, 5) is 12.9. The molecule has 2 saturated carbocycles. The summed E-state index contributed by atoms with van der Waals surface area (Å²) >= 11 is 0. The lowest BCUT2D eigenvalue weighted by molar-refractivity contribution is -0.137. The number of aliphatic hydroxyl groups excluding tert-OH is 1. The lowest BCUT2D eigenvalue weighted by Crippen LogP contribution is -2.26. The molecule has 0 bridgehead atoms. The summed E-state index contributed by atoms with van der Waals surface area (Å²) in [5.74, 6) is 2.89.